The molecular formula is C15H18N2O. The van der Waals surface area contributed by atoms with Gasteiger partial charge < -0.3 is 0 Å². The van der Waals surface area contributed by atoms with Crippen LogP contribution in [0.2, 0.25) is 0 Å². The van der Waals surface area contributed by atoms with Gasteiger partial charge in [-0.05, 0) is 38.8 Å². The zero-order valence-electron chi connectivity index (χ0n) is 10.8. The number of allylic oxidation sites excluding steroid dienone is 2. The first kappa shape index (κ1) is 12.4. The Morgan fingerprint density at radius 2 is 2.00 bits per heavy atom. The molecule has 0 fully saturated rings. The fourth-order valence-electron chi connectivity index (χ4n) is 1.86. The predicted molar refractivity (Wildman–Crippen MR) is 74.1 cm³/mol. The predicted octanol–water partition coefficient (Wildman–Crippen LogP) is 3.06. The Morgan fingerprint density at radius 3 is 2.67 bits per heavy atom. The Kier molecular flexibility index (Phi) is 3.82. The SMILES string of the molecule is CC(C)=CCCc1cc(=O)n(-c2ccccc2)[nH]1. The number of H-pyrrole nitrogens is 1. The van der Waals surface area contributed by atoms with Crippen LogP contribution in [0.1, 0.15) is 26.0 Å². The van der Waals surface area contributed by atoms with Crippen LogP contribution < -0.4 is 5.56 Å². The Labute approximate surface area is 107 Å². The molecular weight excluding hydrogens is 224 g/mol. The van der Waals surface area contributed by atoms with E-state index in [1.807, 2.05) is 30.3 Å². The lowest BCUT2D eigenvalue weighted by Crippen LogP contribution is -2.12. The van der Waals surface area contributed by atoms with Crippen LogP contribution in [0.4, 0.5) is 0 Å². The van der Waals surface area contributed by atoms with Crippen LogP contribution in [0, 0.1) is 0 Å². The van der Waals surface area contributed by atoms with Gasteiger partial charge in [-0.2, -0.15) is 0 Å². The first-order chi connectivity index (χ1) is 8.66. The van der Waals surface area contributed by atoms with Gasteiger partial charge in [0.2, 0.25) is 0 Å². The maximum Gasteiger partial charge on any atom is 0.271 e. The van der Waals surface area contributed by atoms with E-state index in [0.29, 0.717) is 0 Å². The van der Waals surface area contributed by atoms with Crippen LogP contribution >= 0.6 is 0 Å². The minimum Gasteiger partial charge on any atom is -0.295 e. The van der Waals surface area contributed by atoms with E-state index in [1.165, 1.54) is 5.57 Å². The number of nitrogens with zero attached hydrogens (tertiary/aromatic N) is 1. The molecule has 18 heavy (non-hydrogen) atoms. The molecule has 3 nitrogen and oxygen atoms in total. The summed E-state index contributed by atoms with van der Waals surface area (Å²) in [5, 5.41) is 3.15. The standard InChI is InChI=1S/C15H18N2O/c1-12(2)7-6-8-13-11-15(18)17(16-13)14-9-4-3-5-10-14/h3-5,7,9-11,16H,6,8H2,1-2H3. The first-order valence-electron chi connectivity index (χ1n) is 6.16. The smallest absolute Gasteiger partial charge is 0.271 e. The quantitative estimate of drug-likeness (QED) is 0.822. The van der Waals surface area contributed by atoms with Gasteiger partial charge in [-0.15, -0.1) is 0 Å². The van der Waals surface area contributed by atoms with E-state index in [-0.39, 0.29) is 5.56 Å². The second-order valence-corrected chi connectivity index (χ2v) is 4.61. The van der Waals surface area contributed by atoms with Gasteiger partial charge in [0.05, 0.1) is 5.69 Å². The maximum absolute atomic E-state index is 11.9. The van der Waals surface area contributed by atoms with Crippen LogP contribution in [0.25, 0.3) is 5.69 Å². The molecule has 3 heteroatoms. The van der Waals surface area contributed by atoms with Gasteiger partial charge in [0, 0.05) is 11.8 Å². The van der Waals surface area contributed by atoms with Crippen LogP contribution in [0.5, 0.6) is 0 Å². The number of hydrogen-bond donors (Lipinski definition) is 1. The van der Waals surface area contributed by atoms with Gasteiger partial charge in [0.15, 0.2) is 0 Å². The van der Waals surface area contributed by atoms with Crippen molar-refractivity contribution in [2.75, 3.05) is 0 Å². The highest BCUT2D eigenvalue weighted by atomic mass is 16.1. The highest BCUT2D eigenvalue weighted by molar-refractivity contribution is 5.30. The summed E-state index contributed by atoms with van der Waals surface area (Å²) in [6.45, 7) is 4.16. The van der Waals surface area contributed by atoms with Gasteiger partial charge in [-0.3, -0.25) is 9.89 Å². The highest BCUT2D eigenvalue weighted by Gasteiger charge is 2.03. The van der Waals surface area contributed by atoms with Crippen LogP contribution in [-0.4, -0.2) is 9.78 Å². The lowest BCUT2D eigenvalue weighted by molar-refractivity contribution is 0.806. The number of hydrogen-bond acceptors (Lipinski definition) is 1. The summed E-state index contributed by atoms with van der Waals surface area (Å²) < 4.78 is 1.58. The molecule has 1 N–H and O–H groups in total. The number of nitrogens with one attached hydrogen (secondary N) is 1. The molecule has 0 amide bonds. The van der Waals surface area contributed by atoms with Crippen molar-refractivity contribution >= 4 is 0 Å². The molecule has 0 aliphatic carbocycles. The number of aromatic amines is 1. The fraction of sp³-hybridized carbons (Fsp3) is 0.267. The second-order valence-electron chi connectivity index (χ2n) is 4.61. The van der Waals surface area contributed by atoms with E-state index in [1.54, 1.807) is 10.7 Å². The zero-order valence-corrected chi connectivity index (χ0v) is 10.8. The average Bonchev–Trinajstić information content (AvgIpc) is 2.71. The molecule has 0 spiro atoms. The largest absolute Gasteiger partial charge is 0.295 e. The molecule has 94 valence electrons. The van der Waals surface area contributed by atoms with Crippen molar-refractivity contribution in [3.63, 3.8) is 0 Å². The number of rotatable bonds is 4. The summed E-state index contributed by atoms with van der Waals surface area (Å²) >= 11 is 0. The molecule has 1 aromatic carbocycles. The Hall–Kier alpha value is -2.03. The maximum atomic E-state index is 11.9. The van der Waals surface area contributed by atoms with E-state index in [2.05, 4.69) is 25.0 Å². The molecule has 0 aliphatic rings. The van der Waals surface area contributed by atoms with Crippen molar-refractivity contribution in [1.29, 1.82) is 0 Å². The first-order valence-corrected chi connectivity index (χ1v) is 6.16. The number of aryl methyl sites for hydroxylation is 1. The molecule has 0 aliphatic heterocycles. The van der Waals surface area contributed by atoms with Crippen LogP contribution in [-0.2, 0) is 6.42 Å². The number of aromatic nitrogens is 2. The molecule has 0 saturated carbocycles. The molecule has 1 heterocycles. The number of benzene rings is 1. The molecule has 0 bridgehead atoms. The molecule has 0 unspecified atom stereocenters. The average molecular weight is 242 g/mol. The molecule has 2 rings (SSSR count). The van der Waals surface area contributed by atoms with Gasteiger partial charge in [-0.1, -0.05) is 29.8 Å². The van der Waals surface area contributed by atoms with Crippen molar-refractivity contribution in [3.8, 4) is 5.69 Å². The van der Waals surface area contributed by atoms with Crippen molar-refractivity contribution < 1.29 is 0 Å². The second kappa shape index (κ2) is 5.54. The van der Waals surface area contributed by atoms with E-state index in [0.717, 1.165) is 24.2 Å². The molecule has 1 aromatic heterocycles. The fourth-order valence-corrected chi connectivity index (χ4v) is 1.86. The summed E-state index contributed by atoms with van der Waals surface area (Å²) in [4.78, 5) is 11.9. The van der Waals surface area contributed by atoms with E-state index in [4.69, 9.17) is 0 Å². The summed E-state index contributed by atoms with van der Waals surface area (Å²) in [5.74, 6) is 0. The Balaban J connectivity index is 2.18. The third kappa shape index (κ3) is 3.00. The van der Waals surface area contributed by atoms with Crippen molar-refractivity contribution in [3.05, 3.63) is 64.1 Å². The normalized spacial score (nSPS) is 10.3. The minimum absolute atomic E-state index is 0.00611. The molecule has 0 atom stereocenters. The summed E-state index contributed by atoms with van der Waals surface area (Å²) in [6, 6.07) is 11.3. The Morgan fingerprint density at radius 1 is 1.28 bits per heavy atom. The lowest BCUT2D eigenvalue weighted by atomic mass is 10.2. The van der Waals surface area contributed by atoms with Crippen molar-refractivity contribution in [2.24, 2.45) is 0 Å². The summed E-state index contributed by atoms with van der Waals surface area (Å²) in [6.07, 6.45) is 4.00. The van der Waals surface area contributed by atoms with Crippen molar-refractivity contribution in [1.82, 2.24) is 9.78 Å². The van der Waals surface area contributed by atoms with E-state index >= 15 is 0 Å². The molecule has 0 radical (unpaired) electrons. The molecule has 2 aromatic rings. The van der Waals surface area contributed by atoms with E-state index < -0.39 is 0 Å². The van der Waals surface area contributed by atoms with Gasteiger partial charge in [0.25, 0.3) is 5.56 Å². The van der Waals surface area contributed by atoms with Crippen LogP contribution in [0.3, 0.4) is 0 Å². The molecule has 0 saturated heterocycles. The summed E-state index contributed by atoms with van der Waals surface area (Å²) in [5.41, 5.74) is 3.14. The van der Waals surface area contributed by atoms with Crippen molar-refractivity contribution in [2.45, 2.75) is 26.7 Å². The third-order valence-corrected chi connectivity index (χ3v) is 2.75. The summed E-state index contributed by atoms with van der Waals surface area (Å²) in [7, 11) is 0. The minimum atomic E-state index is -0.00611. The van der Waals surface area contributed by atoms with Gasteiger partial charge in [0.1, 0.15) is 0 Å². The third-order valence-electron chi connectivity index (χ3n) is 2.75. The van der Waals surface area contributed by atoms with E-state index in [9.17, 15) is 4.79 Å². The lowest BCUT2D eigenvalue weighted by Gasteiger charge is -2.00. The van der Waals surface area contributed by atoms with Gasteiger partial charge >= 0.3 is 0 Å². The van der Waals surface area contributed by atoms with Gasteiger partial charge in [-0.25, -0.2) is 4.68 Å². The Bertz CT molecular complexity index is 586. The highest BCUT2D eigenvalue weighted by Crippen LogP contribution is 2.05. The number of para-hydroxylation sites is 1. The van der Waals surface area contributed by atoms with Crippen LogP contribution in [0.15, 0.2) is 52.8 Å². The zero-order chi connectivity index (χ0) is 13.0. The monoisotopic (exact) mass is 242 g/mol. The topological polar surface area (TPSA) is 37.8 Å².